The van der Waals surface area contributed by atoms with E-state index in [1.54, 1.807) is 27.9 Å². The molecule has 1 aliphatic heterocycles. The lowest BCUT2D eigenvalue weighted by Crippen LogP contribution is -2.88. The van der Waals surface area contributed by atoms with E-state index in [1.807, 2.05) is 23.5 Å². The molecule has 3 heterocycles. The van der Waals surface area contributed by atoms with E-state index in [9.17, 15) is 14.7 Å². The number of nitrogens with zero attached hydrogens (tertiary/aromatic N) is 1. The van der Waals surface area contributed by atoms with Crippen LogP contribution in [0.25, 0.3) is 10.9 Å². The summed E-state index contributed by atoms with van der Waals surface area (Å²) in [7, 11) is 1.63. The Morgan fingerprint density at radius 3 is 2.68 bits per heavy atom. The molecule has 0 aliphatic carbocycles. The van der Waals surface area contributed by atoms with Gasteiger partial charge in [0.05, 0.1) is 19.3 Å². The van der Waals surface area contributed by atoms with Crippen LogP contribution < -0.4 is 21.3 Å². The topological polar surface area (TPSA) is 117 Å². The van der Waals surface area contributed by atoms with Crippen molar-refractivity contribution < 1.29 is 15.2 Å². The second-order valence-corrected chi connectivity index (χ2v) is 8.18. The number of aromatic hydroxyl groups is 1. The summed E-state index contributed by atoms with van der Waals surface area (Å²) in [6.45, 7) is 6.18. The number of aromatic amines is 2. The average Bonchev–Trinajstić information content (AvgIpc) is 2.98. The minimum atomic E-state index is -0.675. The number of fused-ring (bicyclic) bond motifs is 3. The molecule has 1 aromatic carbocycles. The van der Waals surface area contributed by atoms with E-state index >= 15 is 0 Å². The first kappa shape index (κ1) is 18.4. The second kappa shape index (κ2) is 6.27. The summed E-state index contributed by atoms with van der Waals surface area (Å²) in [6.07, 6.45) is 0.830. The largest absolute Gasteiger partial charge is 0.497 e. The van der Waals surface area contributed by atoms with Crippen molar-refractivity contribution in [3.8, 4) is 11.6 Å². The minimum Gasteiger partial charge on any atom is -0.497 e. The maximum atomic E-state index is 12.7. The summed E-state index contributed by atoms with van der Waals surface area (Å²) in [5.74, 6) is 0.481. The number of rotatable bonds is 2. The van der Waals surface area contributed by atoms with E-state index in [0.29, 0.717) is 0 Å². The summed E-state index contributed by atoms with van der Waals surface area (Å²) >= 11 is 0. The third kappa shape index (κ3) is 2.72. The van der Waals surface area contributed by atoms with E-state index in [4.69, 9.17) is 4.74 Å². The molecule has 0 spiro atoms. The molecular formula is C20H25N4O4+. The SMILES string of the molecule is COc1ccc2[nH]c3c(c2c1)CC[NH2+][C@@H]3c1c(O)n(C(C)(C)C)c(=O)[nH]c1=O. The highest BCUT2D eigenvalue weighted by atomic mass is 16.5. The van der Waals surface area contributed by atoms with Crippen LogP contribution in [-0.4, -0.2) is 33.3 Å². The highest BCUT2D eigenvalue weighted by Crippen LogP contribution is 2.34. The van der Waals surface area contributed by atoms with Crippen molar-refractivity contribution >= 4 is 10.9 Å². The molecule has 0 radical (unpaired) electrons. The first-order valence-corrected chi connectivity index (χ1v) is 9.33. The van der Waals surface area contributed by atoms with Crippen molar-refractivity contribution in [3.63, 3.8) is 0 Å². The van der Waals surface area contributed by atoms with Gasteiger partial charge in [-0.2, -0.15) is 0 Å². The lowest BCUT2D eigenvalue weighted by atomic mass is 9.95. The van der Waals surface area contributed by atoms with E-state index in [2.05, 4.69) is 9.97 Å². The van der Waals surface area contributed by atoms with Crippen LogP contribution in [0.1, 0.15) is 43.6 Å². The number of quaternary nitrogens is 1. The van der Waals surface area contributed by atoms with Crippen molar-refractivity contribution in [1.29, 1.82) is 0 Å². The molecule has 1 atom stereocenters. The number of nitrogens with two attached hydrogens (primary N) is 1. The Labute approximate surface area is 161 Å². The van der Waals surface area contributed by atoms with Gasteiger partial charge in [-0.1, -0.05) is 0 Å². The van der Waals surface area contributed by atoms with Gasteiger partial charge in [0.25, 0.3) is 5.56 Å². The first-order valence-electron chi connectivity index (χ1n) is 9.33. The van der Waals surface area contributed by atoms with Gasteiger partial charge in [-0.25, -0.2) is 4.79 Å². The van der Waals surface area contributed by atoms with Crippen molar-refractivity contribution in [2.24, 2.45) is 0 Å². The highest BCUT2D eigenvalue weighted by Gasteiger charge is 2.35. The van der Waals surface area contributed by atoms with Crippen molar-refractivity contribution in [3.05, 3.63) is 55.9 Å². The van der Waals surface area contributed by atoms with Gasteiger partial charge in [-0.05, 0) is 44.5 Å². The van der Waals surface area contributed by atoms with Gasteiger partial charge in [-0.3, -0.25) is 14.3 Å². The predicted octanol–water partition coefficient (Wildman–Crippen LogP) is 0.696. The molecule has 0 saturated heterocycles. The standard InChI is InChI=1S/C20H24N4O4/c1-20(2,3)24-18(26)14(17(25)23-19(24)27)16-15-11(7-8-21-16)12-9-10(28-4)5-6-13(12)22-15/h5-6,9,16,21-22,26H,7-8H2,1-4H3,(H,23,25,27)/p+1/t16-/m1/s1. The molecule has 5 N–H and O–H groups in total. The number of aromatic nitrogens is 3. The van der Waals surface area contributed by atoms with Crippen LogP contribution in [-0.2, 0) is 12.0 Å². The third-order valence-corrected chi connectivity index (χ3v) is 5.36. The molecule has 148 valence electrons. The summed E-state index contributed by atoms with van der Waals surface area (Å²) in [6, 6.07) is 5.38. The lowest BCUT2D eigenvalue weighted by Gasteiger charge is -2.27. The molecule has 0 bridgehead atoms. The normalized spacial score (nSPS) is 16.9. The average molecular weight is 385 g/mol. The molecule has 28 heavy (non-hydrogen) atoms. The highest BCUT2D eigenvalue weighted by molar-refractivity contribution is 5.86. The number of ether oxygens (including phenoxy) is 1. The minimum absolute atomic E-state index is 0.189. The van der Waals surface area contributed by atoms with Gasteiger partial charge >= 0.3 is 5.69 Å². The fourth-order valence-electron chi connectivity index (χ4n) is 4.12. The fraction of sp³-hybridized carbons (Fsp3) is 0.400. The number of methoxy groups -OCH3 is 1. The fourth-order valence-corrected chi connectivity index (χ4v) is 4.12. The quantitative estimate of drug-likeness (QED) is 0.519. The summed E-state index contributed by atoms with van der Waals surface area (Å²) in [4.78, 5) is 30.8. The van der Waals surface area contributed by atoms with E-state index in [0.717, 1.165) is 40.9 Å². The van der Waals surface area contributed by atoms with E-state index < -0.39 is 22.8 Å². The van der Waals surface area contributed by atoms with Crippen LogP contribution in [0.2, 0.25) is 0 Å². The van der Waals surface area contributed by atoms with Crippen LogP contribution in [0, 0.1) is 0 Å². The lowest BCUT2D eigenvalue weighted by molar-refractivity contribution is -0.690. The molecular weight excluding hydrogens is 360 g/mol. The Morgan fingerprint density at radius 1 is 1.25 bits per heavy atom. The van der Waals surface area contributed by atoms with Crippen LogP contribution >= 0.6 is 0 Å². The van der Waals surface area contributed by atoms with Crippen molar-refractivity contribution in [1.82, 2.24) is 14.5 Å². The Kier molecular flexibility index (Phi) is 4.11. The summed E-state index contributed by atoms with van der Waals surface area (Å²) < 4.78 is 6.58. The molecule has 0 fully saturated rings. The van der Waals surface area contributed by atoms with E-state index in [1.165, 1.54) is 4.57 Å². The van der Waals surface area contributed by atoms with Gasteiger partial charge in [-0.15, -0.1) is 0 Å². The molecule has 4 rings (SSSR count). The molecule has 8 heteroatoms. The third-order valence-electron chi connectivity index (χ3n) is 5.36. The zero-order valence-electron chi connectivity index (χ0n) is 16.4. The van der Waals surface area contributed by atoms with Gasteiger partial charge in [0.15, 0.2) is 6.04 Å². The van der Waals surface area contributed by atoms with Crippen LogP contribution in [0.3, 0.4) is 0 Å². The molecule has 1 aliphatic rings. The summed E-state index contributed by atoms with van der Waals surface area (Å²) in [5.41, 5.74) is 1.26. The number of hydrogen-bond acceptors (Lipinski definition) is 4. The molecule has 2 aromatic heterocycles. The zero-order valence-corrected chi connectivity index (χ0v) is 16.4. The van der Waals surface area contributed by atoms with Crippen molar-refractivity contribution in [2.75, 3.05) is 13.7 Å². The van der Waals surface area contributed by atoms with Gasteiger partial charge in [0, 0.05) is 22.9 Å². The molecule has 0 unspecified atom stereocenters. The van der Waals surface area contributed by atoms with Crippen LogP contribution in [0.4, 0.5) is 0 Å². The van der Waals surface area contributed by atoms with Gasteiger partial charge < -0.3 is 20.1 Å². The smallest absolute Gasteiger partial charge is 0.331 e. The molecule has 3 aromatic rings. The molecule has 0 saturated carbocycles. The summed E-state index contributed by atoms with van der Waals surface area (Å²) in [5, 5.41) is 14.0. The Hall–Kier alpha value is -3.00. The number of benzene rings is 1. The van der Waals surface area contributed by atoms with Gasteiger partial charge in [0.2, 0.25) is 5.88 Å². The Balaban J connectivity index is 1.96. The monoisotopic (exact) mass is 385 g/mol. The predicted molar refractivity (Wildman–Crippen MR) is 105 cm³/mol. The van der Waals surface area contributed by atoms with Crippen LogP contribution in [0.15, 0.2) is 27.8 Å². The maximum Gasteiger partial charge on any atom is 0.331 e. The van der Waals surface area contributed by atoms with Crippen molar-refractivity contribution in [2.45, 2.75) is 38.8 Å². The van der Waals surface area contributed by atoms with Crippen LogP contribution in [0.5, 0.6) is 11.6 Å². The van der Waals surface area contributed by atoms with Gasteiger partial charge in [0.1, 0.15) is 11.3 Å². The zero-order chi connectivity index (χ0) is 20.2. The first-order chi connectivity index (χ1) is 13.2. The Bertz CT molecular complexity index is 1180. The molecule has 8 nitrogen and oxygen atoms in total. The number of H-pyrrole nitrogens is 2. The number of hydrogen-bond donors (Lipinski definition) is 4. The Morgan fingerprint density at radius 2 is 2.00 bits per heavy atom. The van der Waals surface area contributed by atoms with E-state index in [-0.39, 0.29) is 11.4 Å². The second-order valence-electron chi connectivity index (χ2n) is 8.18. The molecule has 0 amide bonds. The number of nitrogens with one attached hydrogen (secondary N) is 2. The maximum absolute atomic E-state index is 12.7.